The summed E-state index contributed by atoms with van der Waals surface area (Å²) in [5.41, 5.74) is 4.78. The van der Waals surface area contributed by atoms with Crippen LogP contribution in [0.1, 0.15) is 0 Å². The highest BCUT2D eigenvalue weighted by Gasteiger charge is 2.13. The summed E-state index contributed by atoms with van der Waals surface area (Å²) < 4.78 is 0. The summed E-state index contributed by atoms with van der Waals surface area (Å²) in [5, 5.41) is 0.690. The van der Waals surface area contributed by atoms with E-state index in [1.54, 1.807) is 0 Å². The van der Waals surface area contributed by atoms with Crippen molar-refractivity contribution < 1.29 is 0 Å². The zero-order chi connectivity index (χ0) is 21.0. The van der Waals surface area contributed by atoms with Crippen molar-refractivity contribution in [3.63, 3.8) is 0 Å². The molecule has 0 saturated heterocycles. The summed E-state index contributed by atoms with van der Waals surface area (Å²) >= 11 is 6.52. The first-order valence-corrected chi connectivity index (χ1v) is 10.4. The maximum atomic E-state index is 6.52. The molecule has 5 rings (SSSR count). The van der Waals surface area contributed by atoms with Crippen LogP contribution in [0.3, 0.4) is 0 Å². The molecule has 0 bridgehead atoms. The quantitative estimate of drug-likeness (QED) is 0.309. The Morgan fingerprint density at radius 1 is 0.419 bits per heavy atom. The van der Waals surface area contributed by atoms with Crippen molar-refractivity contribution in [2.45, 2.75) is 0 Å². The highest BCUT2D eigenvalue weighted by atomic mass is 35.5. The Morgan fingerprint density at radius 2 is 0.839 bits per heavy atom. The number of hydrogen-bond acceptors (Lipinski definition) is 3. The molecule has 0 fully saturated rings. The van der Waals surface area contributed by atoms with Gasteiger partial charge in [-0.05, 0) is 23.8 Å². The first kappa shape index (κ1) is 19.2. The lowest BCUT2D eigenvalue weighted by Crippen LogP contribution is -2.00. The zero-order valence-corrected chi connectivity index (χ0v) is 17.4. The van der Waals surface area contributed by atoms with E-state index in [0.717, 1.165) is 27.8 Å². The van der Waals surface area contributed by atoms with E-state index in [1.165, 1.54) is 0 Å². The van der Waals surface area contributed by atoms with Crippen molar-refractivity contribution in [2.75, 3.05) is 0 Å². The Morgan fingerprint density at radius 3 is 1.32 bits per heavy atom. The first-order chi connectivity index (χ1) is 15.3. The predicted molar refractivity (Wildman–Crippen MR) is 127 cm³/mol. The molecule has 3 nitrogen and oxygen atoms in total. The summed E-state index contributed by atoms with van der Waals surface area (Å²) in [6.07, 6.45) is 0. The Hall–Kier alpha value is -3.82. The monoisotopic (exact) mass is 419 g/mol. The van der Waals surface area contributed by atoms with E-state index >= 15 is 0 Å². The van der Waals surface area contributed by atoms with Gasteiger partial charge < -0.3 is 0 Å². The van der Waals surface area contributed by atoms with Crippen LogP contribution in [0.25, 0.3) is 45.3 Å². The second-order valence-corrected chi connectivity index (χ2v) is 7.51. The van der Waals surface area contributed by atoms with Gasteiger partial charge in [0.15, 0.2) is 17.5 Å². The van der Waals surface area contributed by atoms with Crippen LogP contribution in [-0.4, -0.2) is 15.0 Å². The van der Waals surface area contributed by atoms with E-state index in [-0.39, 0.29) is 0 Å². The summed E-state index contributed by atoms with van der Waals surface area (Å²) in [5.74, 6) is 1.89. The lowest BCUT2D eigenvalue weighted by Gasteiger charge is -2.10. The number of hydrogen-bond donors (Lipinski definition) is 0. The molecule has 0 amide bonds. The Balaban J connectivity index is 1.69. The fourth-order valence-electron chi connectivity index (χ4n) is 3.44. The van der Waals surface area contributed by atoms with Crippen molar-refractivity contribution in [3.8, 4) is 45.3 Å². The number of benzene rings is 4. The van der Waals surface area contributed by atoms with Crippen LogP contribution in [0.2, 0.25) is 5.02 Å². The third-order valence-corrected chi connectivity index (χ3v) is 5.34. The van der Waals surface area contributed by atoms with Crippen LogP contribution in [0.5, 0.6) is 0 Å². The van der Waals surface area contributed by atoms with E-state index in [9.17, 15) is 0 Å². The number of rotatable bonds is 4. The second-order valence-electron chi connectivity index (χ2n) is 7.10. The Bertz CT molecular complexity index is 1260. The Labute approximate surface area is 186 Å². The minimum Gasteiger partial charge on any atom is -0.208 e. The molecule has 0 N–H and O–H groups in total. The molecule has 148 valence electrons. The lowest BCUT2D eigenvalue weighted by molar-refractivity contribution is 1.07. The molecule has 4 aromatic carbocycles. The van der Waals surface area contributed by atoms with Gasteiger partial charge in [0.25, 0.3) is 0 Å². The van der Waals surface area contributed by atoms with Gasteiger partial charge in [0, 0.05) is 27.3 Å². The zero-order valence-electron chi connectivity index (χ0n) is 16.6. The Kier molecular flexibility index (Phi) is 5.26. The van der Waals surface area contributed by atoms with Crippen LogP contribution in [0.15, 0.2) is 109 Å². The fraction of sp³-hybridized carbons (Fsp3) is 0. The van der Waals surface area contributed by atoms with Gasteiger partial charge in [0.05, 0.1) is 0 Å². The van der Waals surface area contributed by atoms with Gasteiger partial charge in [-0.3, -0.25) is 0 Å². The van der Waals surface area contributed by atoms with Crippen LogP contribution in [0.4, 0.5) is 0 Å². The van der Waals surface area contributed by atoms with Gasteiger partial charge in [-0.25, -0.2) is 15.0 Å². The van der Waals surface area contributed by atoms with Gasteiger partial charge in [-0.1, -0.05) is 103 Å². The highest BCUT2D eigenvalue weighted by Crippen LogP contribution is 2.32. The molecule has 0 saturated carbocycles. The molecule has 5 aromatic rings. The third-order valence-electron chi connectivity index (χ3n) is 5.01. The number of nitrogens with zero attached hydrogens (tertiary/aromatic N) is 3. The molecule has 0 unspecified atom stereocenters. The van der Waals surface area contributed by atoms with Gasteiger partial charge >= 0.3 is 0 Å². The summed E-state index contributed by atoms with van der Waals surface area (Å²) in [7, 11) is 0. The maximum Gasteiger partial charge on any atom is 0.164 e. The topological polar surface area (TPSA) is 38.7 Å². The first-order valence-electron chi connectivity index (χ1n) is 10.0. The average Bonchev–Trinajstić information content (AvgIpc) is 2.86. The molecule has 0 aliphatic rings. The predicted octanol–water partition coefficient (Wildman–Crippen LogP) is 7.19. The largest absolute Gasteiger partial charge is 0.208 e. The second kappa shape index (κ2) is 8.50. The van der Waals surface area contributed by atoms with Crippen LogP contribution >= 0.6 is 11.6 Å². The molecular formula is C27H18ClN3. The van der Waals surface area contributed by atoms with Crippen molar-refractivity contribution in [1.29, 1.82) is 0 Å². The molecule has 31 heavy (non-hydrogen) atoms. The molecule has 0 aliphatic heterocycles. The van der Waals surface area contributed by atoms with Crippen LogP contribution < -0.4 is 0 Å². The molecule has 0 spiro atoms. The minimum absolute atomic E-state index is 0.613. The van der Waals surface area contributed by atoms with E-state index in [4.69, 9.17) is 26.6 Å². The van der Waals surface area contributed by atoms with Crippen LogP contribution in [0, 0.1) is 0 Å². The third kappa shape index (κ3) is 4.09. The van der Waals surface area contributed by atoms with E-state index in [1.807, 2.05) is 109 Å². The SMILES string of the molecule is Clc1ccc(-c2nc(-c3ccccc3)nc(-c3ccccc3)n2)cc1-c1ccccc1. The van der Waals surface area contributed by atoms with Crippen molar-refractivity contribution in [2.24, 2.45) is 0 Å². The normalized spacial score (nSPS) is 10.7. The molecule has 0 aliphatic carbocycles. The van der Waals surface area contributed by atoms with Gasteiger partial charge in [-0.15, -0.1) is 0 Å². The molecule has 1 aromatic heterocycles. The highest BCUT2D eigenvalue weighted by molar-refractivity contribution is 6.33. The van der Waals surface area contributed by atoms with E-state index < -0.39 is 0 Å². The molecular weight excluding hydrogens is 402 g/mol. The van der Waals surface area contributed by atoms with Gasteiger partial charge in [-0.2, -0.15) is 0 Å². The molecule has 0 radical (unpaired) electrons. The van der Waals surface area contributed by atoms with Gasteiger partial charge in [0.2, 0.25) is 0 Å². The van der Waals surface area contributed by atoms with Crippen molar-refractivity contribution >= 4 is 11.6 Å². The smallest absolute Gasteiger partial charge is 0.164 e. The van der Waals surface area contributed by atoms with Crippen LogP contribution in [-0.2, 0) is 0 Å². The number of halogens is 1. The molecule has 4 heteroatoms. The summed E-state index contributed by atoms with van der Waals surface area (Å²) in [6.45, 7) is 0. The summed E-state index contributed by atoms with van der Waals surface area (Å²) in [6, 6.07) is 35.9. The average molecular weight is 420 g/mol. The standard InChI is InChI=1S/C27H18ClN3/c28-24-17-16-22(18-23(24)19-10-4-1-5-11-19)27-30-25(20-12-6-2-7-13-20)29-26(31-27)21-14-8-3-9-15-21/h1-18H. The maximum absolute atomic E-state index is 6.52. The van der Waals surface area contributed by atoms with Gasteiger partial charge in [0.1, 0.15) is 0 Å². The lowest BCUT2D eigenvalue weighted by atomic mass is 10.0. The number of aromatic nitrogens is 3. The van der Waals surface area contributed by atoms with E-state index in [2.05, 4.69) is 0 Å². The minimum atomic E-state index is 0.613. The van der Waals surface area contributed by atoms with Crippen molar-refractivity contribution in [3.05, 3.63) is 114 Å². The fourth-order valence-corrected chi connectivity index (χ4v) is 3.67. The van der Waals surface area contributed by atoms with E-state index in [0.29, 0.717) is 22.5 Å². The van der Waals surface area contributed by atoms with Crippen molar-refractivity contribution in [1.82, 2.24) is 15.0 Å². The summed E-state index contributed by atoms with van der Waals surface area (Å²) in [4.78, 5) is 14.3. The molecule has 0 atom stereocenters. The molecule has 1 heterocycles.